The van der Waals surface area contributed by atoms with E-state index in [9.17, 15) is 27.9 Å². The topological polar surface area (TPSA) is 109 Å². The molecule has 0 aromatic heterocycles. The number of nitrogens with zero attached hydrogens (tertiary/aromatic N) is 3. The van der Waals surface area contributed by atoms with Gasteiger partial charge in [0.1, 0.15) is 0 Å². The number of nitriles is 1. The fourth-order valence-electron chi connectivity index (χ4n) is 3.86. The number of aliphatic hydroxyl groups is 1. The lowest BCUT2D eigenvalue weighted by Gasteiger charge is -2.42. The van der Waals surface area contributed by atoms with Gasteiger partial charge in [-0.2, -0.15) is 18.4 Å². The minimum Gasteiger partial charge on any atom is -0.395 e. The number of β-amino-alcohol motifs (C(OH)–C–C–N with tert-alkyl or cyclic N) is 1. The van der Waals surface area contributed by atoms with Crippen LogP contribution in [0.5, 0.6) is 0 Å². The van der Waals surface area contributed by atoms with Crippen molar-refractivity contribution in [3.8, 4) is 6.07 Å². The molecule has 2 aliphatic heterocycles. The molecule has 11 heteroatoms. The summed E-state index contributed by atoms with van der Waals surface area (Å²) in [4.78, 5) is 27.2. The molecule has 2 aliphatic rings. The van der Waals surface area contributed by atoms with Gasteiger partial charge in [0.15, 0.2) is 0 Å². The number of carbonyl (C=O) groups is 2. The van der Waals surface area contributed by atoms with Crippen LogP contribution in [0, 0.1) is 11.3 Å². The van der Waals surface area contributed by atoms with Crippen LogP contribution in [-0.2, 0) is 11.0 Å². The third-order valence-electron chi connectivity index (χ3n) is 5.36. The number of anilines is 1. The zero-order valence-electron chi connectivity index (χ0n) is 17.1. The van der Waals surface area contributed by atoms with Crippen molar-refractivity contribution >= 4 is 17.6 Å². The Morgan fingerprint density at radius 1 is 1.15 bits per heavy atom. The summed E-state index contributed by atoms with van der Waals surface area (Å²) in [5, 5.41) is 22.4. The van der Waals surface area contributed by atoms with E-state index in [0.29, 0.717) is 11.1 Å². The molecule has 2 aromatic carbocycles. The van der Waals surface area contributed by atoms with E-state index >= 15 is 0 Å². The average molecular weight is 457 g/mol. The normalized spacial score (nSPS) is 19.0. The zero-order valence-corrected chi connectivity index (χ0v) is 17.1. The molecular formula is C22H18F3N5O3. The van der Waals surface area contributed by atoms with Gasteiger partial charge in [-0.1, -0.05) is 18.2 Å². The van der Waals surface area contributed by atoms with Crippen molar-refractivity contribution in [2.24, 2.45) is 0 Å². The van der Waals surface area contributed by atoms with Gasteiger partial charge in [0.25, 0.3) is 5.91 Å². The summed E-state index contributed by atoms with van der Waals surface area (Å²) in [5.74, 6) is -0.559. The van der Waals surface area contributed by atoms with Crippen molar-refractivity contribution in [2.45, 2.75) is 12.2 Å². The quantitative estimate of drug-likeness (QED) is 0.654. The summed E-state index contributed by atoms with van der Waals surface area (Å²) >= 11 is 0. The fourth-order valence-corrected chi connectivity index (χ4v) is 3.86. The first-order chi connectivity index (χ1) is 15.7. The maximum absolute atomic E-state index is 13.3. The minimum absolute atomic E-state index is 0.0158. The van der Waals surface area contributed by atoms with Crippen LogP contribution in [0.4, 0.5) is 23.7 Å². The molecule has 1 atom stereocenters. The number of amides is 3. The second kappa shape index (κ2) is 8.57. The second-order valence-corrected chi connectivity index (χ2v) is 7.45. The van der Waals surface area contributed by atoms with Crippen molar-refractivity contribution in [2.75, 3.05) is 24.6 Å². The number of halogens is 3. The summed E-state index contributed by atoms with van der Waals surface area (Å²) in [6.45, 7) is -0.238. The fraction of sp³-hybridized carbons (Fsp3) is 0.227. The van der Waals surface area contributed by atoms with Gasteiger partial charge in [0.2, 0.25) is 0 Å². The number of urea groups is 1. The number of carbonyl (C=O) groups excluding carboxylic acids is 2. The van der Waals surface area contributed by atoms with Gasteiger partial charge in [0, 0.05) is 6.54 Å². The van der Waals surface area contributed by atoms with Gasteiger partial charge in [-0.15, -0.1) is 0 Å². The predicted molar refractivity (Wildman–Crippen MR) is 110 cm³/mol. The molecule has 0 spiro atoms. The molecule has 0 radical (unpaired) electrons. The molecule has 0 bridgehead atoms. The lowest BCUT2D eigenvalue weighted by molar-refractivity contribution is -0.137. The standard InChI is InChI=1S/C22H18F3N5O3/c23-22(24,25)15-2-1-3-16(10-15)30-17-12-29(8-9-31)28-20(32)18(17)19(27-21(30)33)14-6-4-13(11-26)5-7-14/h1-7,10,19,31H,8-9,12H2,(H,27,33)(H,28,32)/t19-/m1/s1. The summed E-state index contributed by atoms with van der Waals surface area (Å²) in [6, 6.07) is 11.0. The van der Waals surface area contributed by atoms with Gasteiger partial charge in [-0.25, -0.2) is 9.80 Å². The molecule has 170 valence electrons. The highest BCUT2D eigenvalue weighted by Gasteiger charge is 2.42. The van der Waals surface area contributed by atoms with Crippen molar-refractivity contribution in [3.05, 3.63) is 76.5 Å². The lowest BCUT2D eigenvalue weighted by atomic mass is 9.92. The SMILES string of the molecule is N#Cc1ccc([C@H]2NC(=O)N(c3cccc(C(F)(F)F)c3)C3=C2C(=O)NN(CCO)C3)cc1. The van der Waals surface area contributed by atoms with Crippen LogP contribution < -0.4 is 15.6 Å². The lowest BCUT2D eigenvalue weighted by Crippen LogP contribution is -2.59. The molecule has 3 N–H and O–H groups in total. The molecule has 2 heterocycles. The van der Waals surface area contributed by atoms with E-state index in [1.807, 2.05) is 6.07 Å². The van der Waals surface area contributed by atoms with Crippen LogP contribution in [-0.4, -0.2) is 41.8 Å². The first-order valence-electron chi connectivity index (χ1n) is 9.90. The number of hydrazine groups is 1. The Balaban J connectivity index is 1.85. The monoisotopic (exact) mass is 457 g/mol. The molecule has 0 aliphatic carbocycles. The van der Waals surface area contributed by atoms with Gasteiger partial charge in [-0.05, 0) is 35.9 Å². The summed E-state index contributed by atoms with van der Waals surface area (Å²) in [6.07, 6.45) is -4.61. The van der Waals surface area contributed by atoms with Crippen LogP contribution in [0.1, 0.15) is 22.7 Å². The maximum atomic E-state index is 13.3. The van der Waals surface area contributed by atoms with Gasteiger partial charge >= 0.3 is 12.2 Å². The molecular weight excluding hydrogens is 439 g/mol. The second-order valence-electron chi connectivity index (χ2n) is 7.45. The molecule has 3 amide bonds. The van der Waals surface area contributed by atoms with Crippen LogP contribution >= 0.6 is 0 Å². The Labute approximate surface area is 186 Å². The van der Waals surface area contributed by atoms with Crippen LogP contribution in [0.15, 0.2) is 59.8 Å². The molecule has 0 fully saturated rings. The number of aliphatic hydroxyl groups excluding tert-OH is 1. The van der Waals surface area contributed by atoms with Crippen LogP contribution in [0.3, 0.4) is 0 Å². The Kier molecular flexibility index (Phi) is 5.80. The van der Waals surface area contributed by atoms with E-state index in [2.05, 4.69) is 10.7 Å². The molecule has 0 unspecified atom stereocenters. The summed E-state index contributed by atoms with van der Waals surface area (Å²) in [7, 11) is 0. The van der Waals surface area contributed by atoms with Crippen molar-refractivity contribution in [3.63, 3.8) is 0 Å². The van der Waals surface area contributed by atoms with Crippen LogP contribution in [0.25, 0.3) is 0 Å². The summed E-state index contributed by atoms with van der Waals surface area (Å²) in [5.41, 5.74) is 2.92. The maximum Gasteiger partial charge on any atom is 0.416 e. The zero-order chi connectivity index (χ0) is 23.8. The number of nitrogens with one attached hydrogen (secondary N) is 2. The van der Waals surface area contributed by atoms with E-state index in [1.165, 1.54) is 17.1 Å². The van der Waals surface area contributed by atoms with Crippen molar-refractivity contribution in [1.29, 1.82) is 5.26 Å². The van der Waals surface area contributed by atoms with Gasteiger partial charge in [-0.3, -0.25) is 15.1 Å². The Hall–Kier alpha value is -3.88. The number of rotatable bonds is 4. The van der Waals surface area contributed by atoms with E-state index < -0.39 is 29.7 Å². The highest BCUT2D eigenvalue weighted by molar-refractivity contribution is 6.05. The average Bonchev–Trinajstić information content (AvgIpc) is 2.78. The molecule has 4 rings (SSSR count). The van der Waals surface area contributed by atoms with E-state index in [0.717, 1.165) is 17.0 Å². The Bertz CT molecular complexity index is 1170. The van der Waals surface area contributed by atoms with E-state index in [1.54, 1.807) is 24.3 Å². The molecule has 8 nitrogen and oxygen atoms in total. The Morgan fingerprint density at radius 3 is 2.52 bits per heavy atom. The third-order valence-corrected chi connectivity index (χ3v) is 5.36. The van der Waals surface area contributed by atoms with E-state index in [-0.39, 0.29) is 36.7 Å². The van der Waals surface area contributed by atoms with Gasteiger partial charge < -0.3 is 10.4 Å². The number of benzene rings is 2. The number of alkyl halides is 3. The Morgan fingerprint density at radius 2 is 1.88 bits per heavy atom. The van der Waals surface area contributed by atoms with Crippen LogP contribution in [0.2, 0.25) is 0 Å². The van der Waals surface area contributed by atoms with E-state index in [4.69, 9.17) is 5.26 Å². The largest absolute Gasteiger partial charge is 0.416 e. The number of hydrogen-bond acceptors (Lipinski definition) is 5. The molecule has 0 saturated carbocycles. The molecule has 0 saturated heterocycles. The highest BCUT2D eigenvalue weighted by Crippen LogP contribution is 2.38. The predicted octanol–water partition coefficient (Wildman–Crippen LogP) is 2.44. The smallest absolute Gasteiger partial charge is 0.395 e. The van der Waals surface area contributed by atoms with Gasteiger partial charge in [0.05, 0.1) is 53.3 Å². The highest BCUT2D eigenvalue weighted by atomic mass is 19.4. The first kappa shape index (κ1) is 22.3. The minimum atomic E-state index is -4.61. The molecule has 33 heavy (non-hydrogen) atoms. The van der Waals surface area contributed by atoms with Crippen molar-refractivity contribution in [1.82, 2.24) is 15.8 Å². The summed E-state index contributed by atoms with van der Waals surface area (Å²) < 4.78 is 39.8. The van der Waals surface area contributed by atoms with Crippen molar-refractivity contribution < 1.29 is 27.9 Å². The first-order valence-corrected chi connectivity index (χ1v) is 9.90. The third kappa shape index (κ3) is 4.26. The molecule has 2 aromatic rings. The number of hydrogen-bond donors (Lipinski definition) is 3.